The molecule has 0 saturated carbocycles. The number of aromatic nitrogens is 4. The van der Waals surface area contributed by atoms with Gasteiger partial charge >= 0.3 is 0 Å². The lowest BCUT2D eigenvalue weighted by Crippen LogP contribution is -1.96. The molecule has 14 aromatic carbocycles. The van der Waals surface area contributed by atoms with Crippen molar-refractivity contribution in [2.24, 2.45) is 0 Å². The van der Waals surface area contributed by atoms with Crippen LogP contribution in [0.2, 0.25) is 0 Å². The first-order valence-corrected chi connectivity index (χ1v) is 32.5. The normalized spacial score (nSPS) is 11.4. The van der Waals surface area contributed by atoms with Gasteiger partial charge < -0.3 is 4.42 Å². The molecular weight excluding hydrogens is 1160 g/mol. The Hall–Kier alpha value is -12.2. The molecule has 0 fully saturated rings. The van der Waals surface area contributed by atoms with Crippen LogP contribution in [0.4, 0.5) is 0 Å². The third kappa shape index (κ3) is 10.4. The molecule has 0 unspecified atom stereocenters. The largest absolute Gasteiger partial charge is 0.455 e. The second kappa shape index (κ2) is 24.2. The molecule has 0 saturated heterocycles. The van der Waals surface area contributed by atoms with Gasteiger partial charge in [0, 0.05) is 69.9 Å². The van der Waals surface area contributed by atoms with Gasteiger partial charge in [0.2, 0.25) is 0 Å². The van der Waals surface area contributed by atoms with Crippen molar-refractivity contribution in [3.05, 3.63) is 340 Å². The summed E-state index contributed by atoms with van der Waals surface area (Å²) in [5, 5.41) is 9.61. The number of benzene rings is 14. The first-order chi connectivity index (χ1) is 46.6. The minimum absolute atomic E-state index is 0.691. The smallest absolute Gasteiger partial charge is 0.160 e. The van der Waals surface area contributed by atoms with E-state index in [1.807, 2.05) is 84.1 Å². The monoisotopic (exact) mass is 1220 g/mol. The van der Waals surface area contributed by atoms with Crippen LogP contribution < -0.4 is 0 Å². The molecule has 0 aliphatic heterocycles. The van der Waals surface area contributed by atoms with E-state index in [-0.39, 0.29) is 0 Å². The van der Waals surface area contributed by atoms with Gasteiger partial charge in [0.15, 0.2) is 11.6 Å². The summed E-state index contributed by atoms with van der Waals surface area (Å²) < 4.78 is 9.19. The summed E-state index contributed by atoms with van der Waals surface area (Å²) in [5.41, 5.74) is 21.0. The number of fused-ring (bicyclic) bond motifs is 8. The van der Waals surface area contributed by atoms with Crippen molar-refractivity contribution in [2.75, 3.05) is 0 Å². The fraction of sp³-hybridized carbons (Fsp3) is 0. The maximum Gasteiger partial charge on any atom is 0.160 e. The van der Waals surface area contributed by atoms with Gasteiger partial charge in [-0.25, -0.2) is 19.9 Å². The van der Waals surface area contributed by atoms with Gasteiger partial charge in [-0.15, -0.1) is 11.3 Å². The van der Waals surface area contributed by atoms with Gasteiger partial charge in [-0.1, -0.05) is 309 Å². The van der Waals surface area contributed by atoms with Gasteiger partial charge in [0.1, 0.15) is 11.2 Å². The molecule has 18 aromatic rings. The number of rotatable bonds is 10. The lowest BCUT2D eigenvalue weighted by Gasteiger charge is -2.13. The third-order valence-corrected chi connectivity index (χ3v) is 19.1. The second-order valence-corrected chi connectivity index (χ2v) is 24.6. The van der Waals surface area contributed by atoms with Crippen LogP contribution in [0.3, 0.4) is 0 Å². The third-order valence-electron chi connectivity index (χ3n) is 17.9. The minimum atomic E-state index is 0.691. The molecule has 18 rings (SSSR count). The number of nitrogens with zero attached hydrogens (tertiary/aromatic N) is 4. The summed E-state index contributed by atoms with van der Waals surface area (Å²) >= 11 is 1.85. The van der Waals surface area contributed by atoms with Crippen molar-refractivity contribution >= 4 is 75.0 Å². The second-order valence-electron chi connectivity index (χ2n) is 23.5. The number of furan rings is 1. The van der Waals surface area contributed by atoms with Gasteiger partial charge in [-0.05, 0) is 90.8 Å². The van der Waals surface area contributed by atoms with E-state index in [4.69, 9.17) is 24.4 Å². The minimum Gasteiger partial charge on any atom is -0.455 e. The molecule has 0 N–H and O–H groups in total. The topological polar surface area (TPSA) is 64.7 Å². The summed E-state index contributed by atoms with van der Waals surface area (Å²) in [6, 6.07) is 119. The van der Waals surface area contributed by atoms with E-state index in [1.165, 1.54) is 75.1 Å². The molecule has 4 heterocycles. The van der Waals surface area contributed by atoms with Crippen LogP contribution in [-0.4, -0.2) is 19.9 Å². The van der Waals surface area contributed by atoms with E-state index < -0.39 is 0 Å². The molecule has 0 bridgehead atoms. The predicted molar refractivity (Wildman–Crippen MR) is 394 cm³/mol. The van der Waals surface area contributed by atoms with Crippen molar-refractivity contribution in [1.29, 1.82) is 0 Å². The van der Waals surface area contributed by atoms with Crippen molar-refractivity contribution in [2.45, 2.75) is 0 Å². The molecule has 0 radical (unpaired) electrons. The average Bonchev–Trinajstić information content (AvgIpc) is 1.59. The quantitative estimate of drug-likeness (QED) is 0.137. The summed E-state index contributed by atoms with van der Waals surface area (Å²) in [6.07, 6.45) is 0. The summed E-state index contributed by atoms with van der Waals surface area (Å²) in [6.45, 7) is 0. The van der Waals surface area contributed by atoms with Gasteiger partial charge in [-0.3, -0.25) is 0 Å². The highest BCUT2D eigenvalue weighted by atomic mass is 32.1. The Morgan fingerprint density at radius 1 is 0.234 bits per heavy atom. The number of hydrogen-bond donors (Lipinski definition) is 0. The number of thiophene rings is 1. The van der Waals surface area contributed by atoms with Crippen LogP contribution in [0, 0.1) is 0 Å². The Morgan fingerprint density at radius 2 is 0.606 bits per heavy atom. The molecule has 4 aromatic heterocycles. The predicted octanol–water partition coefficient (Wildman–Crippen LogP) is 24.2. The van der Waals surface area contributed by atoms with Crippen LogP contribution in [0.25, 0.3) is 176 Å². The van der Waals surface area contributed by atoms with Gasteiger partial charge in [-0.2, -0.15) is 0 Å². The van der Waals surface area contributed by atoms with E-state index in [1.54, 1.807) is 0 Å². The Balaban J connectivity index is 0.000000143. The van der Waals surface area contributed by atoms with Crippen LogP contribution in [-0.2, 0) is 0 Å². The maximum absolute atomic E-state index is 6.66. The van der Waals surface area contributed by atoms with Crippen molar-refractivity contribution in [1.82, 2.24) is 19.9 Å². The van der Waals surface area contributed by atoms with E-state index in [0.29, 0.717) is 5.82 Å². The van der Waals surface area contributed by atoms with Crippen LogP contribution >= 0.6 is 11.3 Å². The zero-order valence-corrected chi connectivity index (χ0v) is 51.8. The van der Waals surface area contributed by atoms with Crippen molar-refractivity contribution in [3.63, 3.8) is 0 Å². The lowest BCUT2D eigenvalue weighted by molar-refractivity contribution is 0.670. The number of para-hydroxylation sites is 1. The first-order valence-electron chi connectivity index (χ1n) is 31.7. The molecule has 6 heteroatoms. The van der Waals surface area contributed by atoms with E-state index in [0.717, 1.165) is 95.0 Å². The van der Waals surface area contributed by atoms with Crippen LogP contribution in [0.5, 0.6) is 0 Å². The highest BCUT2D eigenvalue weighted by Crippen LogP contribution is 2.47. The van der Waals surface area contributed by atoms with Crippen LogP contribution in [0.1, 0.15) is 0 Å². The Kier molecular flexibility index (Phi) is 14.4. The van der Waals surface area contributed by atoms with E-state index in [9.17, 15) is 0 Å². The molecule has 0 amide bonds. The standard InChI is InChI=1S/C44H28N2O.C44H28N2S/c2*1-3-13-32(14-4-1)39-28-40(46-44(45-39)33-15-5-2-6-16-33)37-27-26-36(43-42(37)38-19-9-10-21-41(38)47-43)31-24-22-30(23-25-31)35-20-11-17-29-12-7-8-18-34(29)35/h2*1-28H. The molecule has 440 valence electrons. The van der Waals surface area contributed by atoms with Crippen molar-refractivity contribution in [3.8, 4) is 112 Å². The average molecular weight is 1220 g/mol. The van der Waals surface area contributed by atoms with E-state index >= 15 is 0 Å². The molecule has 94 heavy (non-hydrogen) atoms. The molecule has 0 aliphatic carbocycles. The summed E-state index contributed by atoms with van der Waals surface area (Å²) in [5.74, 6) is 1.42. The number of hydrogen-bond acceptors (Lipinski definition) is 6. The zero-order valence-electron chi connectivity index (χ0n) is 50.9. The SMILES string of the molecule is c1ccc(-c2cc(-c3ccc(-c4ccc(-c5cccc6ccccc56)cc4)c4oc5ccccc5c34)nc(-c3ccccc3)n2)cc1.c1ccc(-c2cc(-c3ccc(-c4ccc(-c5cccc6ccccc56)cc4)c4sc5ccccc5c34)nc(-c3ccccc3)n2)cc1. The first kappa shape index (κ1) is 55.8. The molecular formula is C88H56N4OS. The van der Waals surface area contributed by atoms with E-state index in [2.05, 4.69) is 267 Å². The highest BCUT2D eigenvalue weighted by molar-refractivity contribution is 7.26. The molecule has 0 spiro atoms. The van der Waals surface area contributed by atoms with Gasteiger partial charge in [0.05, 0.1) is 22.8 Å². The zero-order chi connectivity index (χ0) is 62.3. The lowest BCUT2D eigenvalue weighted by atomic mass is 9.94. The Labute approximate surface area is 547 Å². The summed E-state index contributed by atoms with van der Waals surface area (Å²) in [4.78, 5) is 20.4. The Bertz CT molecular complexity index is 5340. The molecule has 5 nitrogen and oxygen atoms in total. The molecule has 0 aliphatic rings. The summed E-state index contributed by atoms with van der Waals surface area (Å²) in [7, 11) is 0. The highest BCUT2D eigenvalue weighted by Gasteiger charge is 2.22. The maximum atomic E-state index is 6.66. The fourth-order valence-electron chi connectivity index (χ4n) is 13.3. The molecule has 0 atom stereocenters. The van der Waals surface area contributed by atoms with Crippen LogP contribution in [0.15, 0.2) is 344 Å². The van der Waals surface area contributed by atoms with Gasteiger partial charge in [0.25, 0.3) is 0 Å². The van der Waals surface area contributed by atoms with Crippen molar-refractivity contribution < 1.29 is 4.42 Å². The fourth-order valence-corrected chi connectivity index (χ4v) is 14.5. The Morgan fingerprint density at radius 3 is 1.13 bits per heavy atom.